The largest absolute Gasteiger partial charge is 0.311 e. The lowest BCUT2D eigenvalue weighted by molar-refractivity contribution is 0.367. The van der Waals surface area contributed by atoms with Gasteiger partial charge in [0.15, 0.2) is 0 Å². The summed E-state index contributed by atoms with van der Waals surface area (Å²) in [5.41, 5.74) is -0.436. The van der Waals surface area contributed by atoms with Gasteiger partial charge in [-0.2, -0.15) is 0 Å². The van der Waals surface area contributed by atoms with Gasteiger partial charge in [0.25, 0.3) is 0 Å². The highest BCUT2D eigenvalue weighted by Gasteiger charge is 2.25. The molecule has 16 heavy (non-hydrogen) atoms. The van der Waals surface area contributed by atoms with Crippen molar-refractivity contribution in [3.63, 3.8) is 0 Å². The van der Waals surface area contributed by atoms with E-state index in [0.29, 0.717) is 12.6 Å². The van der Waals surface area contributed by atoms with Crippen molar-refractivity contribution in [1.29, 1.82) is 0 Å². The molecule has 2 N–H and O–H groups in total. The first kappa shape index (κ1) is 13.9. The lowest BCUT2D eigenvalue weighted by Gasteiger charge is -2.27. The van der Waals surface area contributed by atoms with Crippen molar-refractivity contribution in [2.75, 3.05) is 32.9 Å². The Balaban J connectivity index is 2.36. The van der Waals surface area contributed by atoms with Crippen LogP contribution in [0.1, 0.15) is 20.3 Å². The molecule has 1 unspecified atom stereocenters. The first-order valence-electron chi connectivity index (χ1n) is 5.59. The maximum absolute atomic E-state index is 11.1. The van der Waals surface area contributed by atoms with E-state index in [1.807, 2.05) is 13.8 Å². The summed E-state index contributed by atoms with van der Waals surface area (Å²) in [6, 6.07) is 0.477. The monoisotopic (exact) mass is 249 g/mol. The van der Waals surface area contributed by atoms with Crippen molar-refractivity contribution in [3.05, 3.63) is 0 Å². The second-order valence-corrected chi connectivity index (χ2v) is 7.14. The fourth-order valence-corrected chi connectivity index (χ4v) is 3.12. The molecule has 0 saturated carbocycles. The standard InChI is InChI=1S/C10H23N3O2S/c1-10(2,12-16(4,14)15)8-11-9-5-6-13(3)7-9/h9,11-12H,5-8H2,1-4H3. The normalized spacial score (nSPS) is 23.9. The summed E-state index contributed by atoms with van der Waals surface area (Å²) in [5.74, 6) is 0. The van der Waals surface area contributed by atoms with Gasteiger partial charge in [0.05, 0.1) is 6.26 Å². The fourth-order valence-electron chi connectivity index (χ4n) is 2.04. The predicted octanol–water partition coefficient (Wildman–Crippen LogP) is -0.392. The zero-order valence-electron chi connectivity index (χ0n) is 10.6. The minimum absolute atomic E-state index is 0.436. The molecule has 1 rings (SSSR count). The predicted molar refractivity (Wildman–Crippen MR) is 66.0 cm³/mol. The van der Waals surface area contributed by atoms with Crippen molar-refractivity contribution in [2.45, 2.75) is 31.8 Å². The van der Waals surface area contributed by atoms with Gasteiger partial charge in [-0.15, -0.1) is 0 Å². The van der Waals surface area contributed by atoms with Crippen LogP contribution in [0.25, 0.3) is 0 Å². The zero-order chi connectivity index (χ0) is 12.4. The van der Waals surface area contributed by atoms with E-state index < -0.39 is 15.6 Å². The van der Waals surface area contributed by atoms with E-state index in [-0.39, 0.29) is 0 Å². The van der Waals surface area contributed by atoms with Gasteiger partial charge in [-0.3, -0.25) is 0 Å². The van der Waals surface area contributed by atoms with Gasteiger partial charge in [0.1, 0.15) is 0 Å². The average molecular weight is 249 g/mol. The van der Waals surface area contributed by atoms with E-state index in [1.54, 1.807) is 0 Å². The van der Waals surface area contributed by atoms with Crippen LogP contribution in [0.15, 0.2) is 0 Å². The molecule has 1 heterocycles. The van der Waals surface area contributed by atoms with E-state index in [2.05, 4.69) is 22.0 Å². The number of rotatable bonds is 5. The first-order valence-corrected chi connectivity index (χ1v) is 7.48. The Labute approximate surface area is 98.6 Å². The zero-order valence-corrected chi connectivity index (χ0v) is 11.4. The number of hydrogen-bond donors (Lipinski definition) is 2. The van der Waals surface area contributed by atoms with Crippen molar-refractivity contribution < 1.29 is 8.42 Å². The van der Waals surface area contributed by atoms with Crippen LogP contribution in [0.3, 0.4) is 0 Å². The Bertz CT molecular complexity index is 327. The molecule has 0 radical (unpaired) electrons. The van der Waals surface area contributed by atoms with Gasteiger partial charge < -0.3 is 10.2 Å². The highest BCUT2D eigenvalue weighted by molar-refractivity contribution is 7.88. The number of hydrogen-bond acceptors (Lipinski definition) is 4. The molecule has 1 fully saturated rings. The molecule has 1 aliphatic heterocycles. The van der Waals surface area contributed by atoms with Crippen LogP contribution >= 0.6 is 0 Å². The summed E-state index contributed by atoms with van der Waals surface area (Å²) in [7, 11) is -1.04. The first-order chi connectivity index (χ1) is 7.18. The maximum Gasteiger partial charge on any atom is 0.209 e. The molecule has 1 saturated heterocycles. The number of nitrogens with zero attached hydrogens (tertiary/aromatic N) is 1. The van der Waals surface area contributed by atoms with E-state index in [9.17, 15) is 8.42 Å². The van der Waals surface area contributed by atoms with Gasteiger partial charge in [0.2, 0.25) is 10.0 Å². The quantitative estimate of drug-likeness (QED) is 0.696. The van der Waals surface area contributed by atoms with Crippen molar-refractivity contribution in [2.24, 2.45) is 0 Å². The molecule has 0 spiro atoms. The molecular formula is C10H23N3O2S. The smallest absolute Gasteiger partial charge is 0.209 e. The second kappa shape index (κ2) is 5.00. The van der Waals surface area contributed by atoms with Gasteiger partial charge >= 0.3 is 0 Å². The Kier molecular flexibility index (Phi) is 4.34. The molecule has 1 atom stereocenters. The van der Waals surface area contributed by atoms with Crippen molar-refractivity contribution in [1.82, 2.24) is 14.9 Å². The Morgan fingerprint density at radius 3 is 2.50 bits per heavy atom. The summed E-state index contributed by atoms with van der Waals surface area (Å²) < 4.78 is 24.9. The summed E-state index contributed by atoms with van der Waals surface area (Å²) in [5, 5.41) is 3.41. The molecule has 6 heteroatoms. The molecule has 0 amide bonds. The molecule has 0 bridgehead atoms. The van der Waals surface area contributed by atoms with Crippen LogP contribution in [0.5, 0.6) is 0 Å². The Morgan fingerprint density at radius 2 is 2.06 bits per heavy atom. The van der Waals surface area contributed by atoms with Gasteiger partial charge in [-0.05, 0) is 33.9 Å². The molecule has 1 aliphatic rings. The van der Waals surface area contributed by atoms with Gasteiger partial charge in [0, 0.05) is 24.7 Å². The van der Waals surface area contributed by atoms with Gasteiger partial charge in [-0.25, -0.2) is 13.1 Å². The number of likely N-dealkylation sites (tertiary alicyclic amines) is 1. The number of nitrogens with one attached hydrogen (secondary N) is 2. The van der Waals surface area contributed by atoms with Crippen LogP contribution < -0.4 is 10.0 Å². The number of likely N-dealkylation sites (N-methyl/N-ethyl adjacent to an activating group) is 1. The molecule has 0 aromatic rings. The van der Waals surface area contributed by atoms with Crippen molar-refractivity contribution in [3.8, 4) is 0 Å². The van der Waals surface area contributed by atoms with Crippen molar-refractivity contribution >= 4 is 10.0 Å². The molecule has 96 valence electrons. The van der Waals surface area contributed by atoms with E-state index >= 15 is 0 Å². The lowest BCUT2D eigenvalue weighted by Crippen LogP contribution is -2.52. The molecule has 5 nitrogen and oxygen atoms in total. The van der Waals surface area contributed by atoms with Crippen LogP contribution in [0.2, 0.25) is 0 Å². The third-order valence-corrected chi connectivity index (χ3v) is 3.61. The molecular weight excluding hydrogens is 226 g/mol. The molecule has 0 aromatic carbocycles. The molecule has 0 aliphatic carbocycles. The molecule has 0 aromatic heterocycles. The highest BCUT2D eigenvalue weighted by Crippen LogP contribution is 2.08. The van der Waals surface area contributed by atoms with Gasteiger partial charge in [-0.1, -0.05) is 0 Å². The minimum Gasteiger partial charge on any atom is -0.311 e. The third-order valence-electron chi connectivity index (χ3n) is 2.69. The number of sulfonamides is 1. The van der Waals surface area contributed by atoms with E-state index in [1.165, 1.54) is 6.26 Å². The fraction of sp³-hybridized carbons (Fsp3) is 1.00. The Morgan fingerprint density at radius 1 is 1.44 bits per heavy atom. The summed E-state index contributed by atoms with van der Waals surface area (Å²) in [6.45, 7) is 6.57. The SMILES string of the molecule is CN1CCC(NCC(C)(C)NS(C)(=O)=O)C1. The Hall–Kier alpha value is -0.170. The average Bonchev–Trinajstić information content (AvgIpc) is 2.44. The minimum atomic E-state index is -3.14. The third kappa shape index (κ3) is 5.25. The maximum atomic E-state index is 11.1. The van der Waals surface area contributed by atoms with Crippen LogP contribution in [-0.2, 0) is 10.0 Å². The van der Waals surface area contributed by atoms with E-state index in [4.69, 9.17) is 0 Å². The summed E-state index contributed by atoms with van der Waals surface area (Å²) >= 11 is 0. The topological polar surface area (TPSA) is 61.4 Å². The van der Waals surface area contributed by atoms with Crippen LogP contribution in [-0.4, -0.2) is 57.8 Å². The highest BCUT2D eigenvalue weighted by atomic mass is 32.2. The second-order valence-electron chi connectivity index (χ2n) is 5.39. The van der Waals surface area contributed by atoms with Crippen LogP contribution in [0.4, 0.5) is 0 Å². The lowest BCUT2D eigenvalue weighted by atomic mass is 10.1. The van der Waals surface area contributed by atoms with E-state index in [0.717, 1.165) is 19.5 Å². The summed E-state index contributed by atoms with van der Waals surface area (Å²) in [6.07, 6.45) is 2.32. The summed E-state index contributed by atoms with van der Waals surface area (Å²) in [4.78, 5) is 2.27. The van der Waals surface area contributed by atoms with Crippen LogP contribution in [0, 0.1) is 0 Å².